The lowest BCUT2D eigenvalue weighted by atomic mass is 10.1. The minimum Gasteiger partial charge on any atom is -0.508 e. The number of H-pyrrole nitrogens is 1. The molecule has 0 unspecified atom stereocenters. The third-order valence-electron chi connectivity index (χ3n) is 3.05. The quantitative estimate of drug-likeness (QED) is 0.827. The Labute approximate surface area is 95.7 Å². The van der Waals surface area contributed by atoms with E-state index in [4.69, 9.17) is 0 Å². The molecule has 0 aliphatic heterocycles. The highest BCUT2D eigenvalue weighted by Crippen LogP contribution is 2.22. The molecule has 3 nitrogen and oxygen atoms in total. The summed E-state index contributed by atoms with van der Waals surface area (Å²) in [5, 5.41) is 10.6. The van der Waals surface area contributed by atoms with Crippen LogP contribution < -0.4 is 0 Å². The molecule has 0 amide bonds. The Morgan fingerprint density at radius 3 is 2.94 bits per heavy atom. The third kappa shape index (κ3) is 2.19. The lowest BCUT2D eigenvalue weighted by Gasteiger charge is -2.12. The fourth-order valence-corrected chi connectivity index (χ4v) is 1.85. The molecular weight excluding hydrogens is 200 g/mol. The van der Waals surface area contributed by atoms with Crippen molar-refractivity contribution < 1.29 is 5.11 Å². The van der Waals surface area contributed by atoms with Crippen molar-refractivity contribution in [3.63, 3.8) is 0 Å². The first-order valence-electron chi connectivity index (χ1n) is 5.68. The van der Waals surface area contributed by atoms with Crippen molar-refractivity contribution in [3.05, 3.63) is 30.0 Å². The number of hydrogen-bond donors (Lipinski definition) is 2. The van der Waals surface area contributed by atoms with Gasteiger partial charge in [0.25, 0.3) is 0 Å². The van der Waals surface area contributed by atoms with Gasteiger partial charge >= 0.3 is 0 Å². The molecule has 0 saturated carbocycles. The zero-order valence-electron chi connectivity index (χ0n) is 9.83. The van der Waals surface area contributed by atoms with Crippen LogP contribution in [-0.2, 0) is 6.42 Å². The monoisotopic (exact) mass is 218 g/mol. The van der Waals surface area contributed by atoms with Crippen LogP contribution in [0.5, 0.6) is 5.75 Å². The minimum atomic E-state index is 0.312. The lowest BCUT2D eigenvalue weighted by molar-refractivity contribution is 0.358. The number of aromatic nitrogens is 1. The average Bonchev–Trinajstić information content (AvgIpc) is 2.68. The van der Waals surface area contributed by atoms with Gasteiger partial charge in [-0.25, -0.2) is 0 Å². The first-order valence-corrected chi connectivity index (χ1v) is 5.68. The van der Waals surface area contributed by atoms with E-state index in [9.17, 15) is 5.11 Å². The summed E-state index contributed by atoms with van der Waals surface area (Å²) in [6, 6.07) is 5.48. The summed E-state index contributed by atoms with van der Waals surface area (Å²) in [4.78, 5) is 5.48. The molecule has 0 spiro atoms. The summed E-state index contributed by atoms with van der Waals surface area (Å²) in [6.07, 6.45) is 3.07. The molecule has 1 aromatic heterocycles. The fraction of sp³-hybridized carbons (Fsp3) is 0.385. The summed E-state index contributed by atoms with van der Waals surface area (Å²) >= 11 is 0. The molecule has 0 radical (unpaired) electrons. The van der Waals surface area contributed by atoms with Crippen LogP contribution in [0.4, 0.5) is 0 Å². The second-order valence-electron chi connectivity index (χ2n) is 4.19. The molecule has 0 aliphatic carbocycles. The van der Waals surface area contributed by atoms with Crippen LogP contribution in [0.15, 0.2) is 24.4 Å². The Morgan fingerprint density at radius 2 is 2.19 bits per heavy atom. The highest BCUT2D eigenvalue weighted by molar-refractivity contribution is 5.84. The minimum absolute atomic E-state index is 0.312. The van der Waals surface area contributed by atoms with E-state index < -0.39 is 0 Å². The Bertz CT molecular complexity index is 476. The number of nitrogens with zero attached hydrogens (tertiary/aromatic N) is 1. The van der Waals surface area contributed by atoms with E-state index in [1.807, 2.05) is 12.3 Å². The van der Waals surface area contributed by atoms with E-state index in [0.717, 1.165) is 25.0 Å². The van der Waals surface area contributed by atoms with Gasteiger partial charge in [-0.3, -0.25) is 0 Å². The molecule has 0 atom stereocenters. The van der Waals surface area contributed by atoms with Gasteiger partial charge in [0.15, 0.2) is 0 Å². The average molecular weight is 218 g/mol. The largest absolute Gasteiger partial charge is 0.508 e. The predicted octanol–water partition coefficient (Wildman–Crippen LogP) is 2.37. The second-order valence-corrected chi connectivity index (χ2v) is 4.19. The Morgan fingerprint density at radius 1 is 1.38 bits per heavy atom. The standard InChI is InChI=1S/C13H18N2O/c1-3-15(2)7-6-10-9-14-13-8-11(16)4-5-12(10)13/h4-5,8-9,14,16H,3,6-7H2,1-2H3. The maximum atomic E-state index is 9.37. The van der Waals surface area contributed by atoms with Crippen LogP contribution in [0.2, 0.25) is 0 Å². The molecule has 1 heterocycles. The normalized spacial score (nSPS) is 11.4. The topological polar surface area (TPSA) is 39.3 Å². The molecule has 2 aromatic rings. The van der Waals surface area contributed by atoms with Gasteiger partial charge in [0.2, 0.25) is 0 Å². The molecule has 0 aliphatic rings. The summed E-state index contributed by atoms with van der Waals surface area (Å²) in [5.41, 5.74) is 2.32. The number of nitrogens with one attached hydrogen (secondary N) is 1. The van der Waals surface area contributed by atoms with Crippen molar-refractivity contribution in [2.75, 3.05) is 20.1 Å². The van der Waals surface area contributed by atoms with Crippen LogP contribution in [0.3, 0.4) is 0 Å². The predicted molar refractivity (Wildman–Crippen MR) is 66.8 cm³/mol. The molecule has 0 fully saturated rings. The lowest BCUT2D eigenvalue weighted by Crippen LogP contribution is -2.20. The second kappa shape index (κ2) is 4.58. The van der Waals surface area contributed by atoms with Crippen LogP contribution in [0.25, 0.3) is 10.9 Å². The van der Waals surface area contributed by atoms with E-state index in [2.05, 4.69) is 23.9 Å². The van der Waals surface area contributed by atoms with E-state index >= 15 is 0 Å². The van der Waals surface area contributed by atoms with Gasteiger partial charge in [0.05, 0.1) is 0 Å². The Kier molecular flexibility index (Phi) is 3.15. The summed E-state index contributed by atoms with van der Waals surface area (Å²) in [7, 11) is 2.13. The third-order valence-corrected chi connectivity index (χ3v) is 3.05. The number of likely N-dealkylation sites (N-methyl/N-ethyl adjacent to an activating group) is 1. The number of phenols is 1. The van der Waals surface area contributed by atoms with Gasteiger partial charge in [-0.1, -0.05) is 6.92 Å². The van der Waals surface area contributed by atoms with E-state index in [1.165, 1.54) is 10.9 Å². The van der Waals surface area contributed by atoms with Crippen molar-refractivity contribution in [3.8, 4) is 5.75 Å². The van der Waals surface area contributed by atoms with Crippen molar-refractivity contribution in [1.82, 2.24) is 9.88 Å². The summed E-state index contributed by atoms with van der Waals surface area (Å²) in [5.74, 6) is 0.312. The number of fused-ring (bicyclic) bond motifs is 1. The first kappa shape index (κ1) is 11.0. The molecule has 16 heavy (non-hydrogen) atoms. The van der Waals surface area contributed by atoms with Crippen molar-refractivity contribution in [2.24, 2.45) is 0 Å². The molecule has 2 rings (SSSR count). The Hall–Kier alpha value is -1.48. The van der Waals surface area contributed by atoms with Crippen LogP contribution in [0.1, 0.15) is 12.5 Å². The van der Waals surface area contributed by atoms with Crippen molar-refractivity contribution in [2.45, 2.75) is 13.3 Å². The number of hydrogen-bond acceptors (Lipinski definition) is 2. The fourth-order valence-electron chi connectivity index (χ4n) is 1.85. The van der Waals surface area contributed by atoms with Gasteiger partial charge in [-0.15, -0.1) is 0 Å². The SMILES string of the molecule is CCN(C)CCc1c[nH]c2cc(O)ccc12. The zero-order chi connectivity index (χ0) is 11.5. The van der Waals surface area contributed by atoms with Gasteiger partial charge in [-0.2, -0.15) is 0 Å². The molecule has 2 N–H and O–H groups in total. The van der Waals surface area contributed by atoms with Crippen LogP contribution >= 0.6 is 0 Å². The molecule has 1 aromatic carbocycles. The molecule has 86 valence electrons. The number of aromatic hydroxyl groups is 1. The number of benzene rings is 1. The van der Waals surface area contributed by atoms with Crippen LogP contribution in [-0.4, -0.2) is 35.1 Å². The smallest absolute Gasteiger partial charge is 0.117 e. The van der Waals surface area contributed by atoms with E-state index in [1.54, 1.807) is 12.1 Å². The summed E-state index contributed by atoms with van der Waals surface area (Å²) < 4.78 is 0. The van der Waals surface area contributed by atoms with Crippen LogP contribution in [0, 0.1) is 0 Å². The van der Waals surface area contributed by atoms with E-state index in [0.29, 0.717) is 5.75 Å². The number of phenolic OH excluding ortho intramolecular Hbond substituents is 1. The molecule has 0 bridgehead atoms. The maximum absolute atomic E-state index is 9.37. The number of aromatic amines is 1. The summed E-state index contributed by atoms with van der Waals surface area (Å²) in [6.45, 7) is 4.29. The highest BCUT2D eigenvalue weighted by Gasteiger charge is 2.05. The molecular formula is C13H18N2O. The molecule has 0 saturated heterocycles. The first-order chi connectivity index (χ1) is 7.70. The number of rotatable bonds is 4. The van der Waals surface area contributed by atoms with Crippen molar-refractivity contribution >= 4 is 10.9 Å². The Balaban J connectivity index is 2.19. The van der Waals surface area contributed by atoms with Crippen molar-refractivity contribution in [1.29, 1.82) is 0 Å². The van der Waals surface area contributed by atoms with Gasteiger partial charge in [0, 0.05) is 29.7 Å². The van der Waals surface area contributed by atoms with E-state index in [-0.39, 0.29) is 0 Å². The maximum Gasteiger partial charge on any atom is 0.117 e. The van der Waals surface area contributed by atoms with Gasteiger partial charge in [0.1, 0.15) is 5.75 Å². The molecule has 3 heteroatoms. The van der Waals surface area contributed by atoms with Gasteiger partial charge in [-0.05, 0) is 37.7 Å². The van der Waals surface area contributed by atoms with Gasteiger partial charge < -0.3 is 15.0 Å². The zero-order valence-corrected chi connectivity index (χ0v) is 9.83. The highest BCUT2D eigenvalue weighted by atomic mass is 16.3.